The molecule has 0 bridgehead atoms. The summed E-state index contributed by atoms with van der Waals surface area (Å²) in [4.78, 5) is 41.9. The third kappa shape index (κ3) is 3.89. The Labute approximate surface area is 186 Å². The normalized spacial score (nSPS) is 18.0. The zero-order valence-electron chi connectivity index (χ0n) is 18.3. The molecular weight excluding hydrogens is 406 g/mol. The fraction of sp³-hybridized carbons (Fsp3) is 0.240. The number of carbonyl (C=O) groups is 3. The number of nitrogens with one attached hydrogen (secondary N) is 1. The van der Waals surface area contributed by atoms with Crippen LogP contribution >= 0.6 is 0 Å². The third-order valence-electron chi connectivity index (χ3n) is 5.70. The molecule has 164 valence electrons. The van der Waals surface area contributed by atoms with Crippen LogP contribution in [0.25, 0.3) is 0 Å². The van der Waals surface area contributed by atoms with Crippen molar-refractivity contribution in [3.05, 3.63) is 89.4 Å². The Balaban J connectivity index is 1.60. The van der Waals surface area contributed by atoms with Crippen LogP contribution in [0, 0.1) is 13.8 Å². The van der Waals surface area contributed by atoms with Crippen molar-refractivity contribution in [2.75, 3.05) is 11.4 Å². The number of furan rings is 1. The van der Waals surface area contributed by atoms with E-state index in [0.717, 1.165) is 10.5 Å². The summed E-state index contributed by atoms with van der Waals surface area (Å²) in [5.41, 5.74) is 0.942. The molecule has 4 rings (SSSR count). The first kappa shape index (κ1) is 21.4. The topological polar surface area (TPSA) is 82.9 Å². The maximum atomic E-state index is 13.3. The summed E-state index contributed by atoms with van der Waals surface area (Å²) in [6.45, 7) is 5.12. The van der Waals surface area contributed by atoms with E-state index < -0.39 is 17.5 Å². The Hall–Kier alpha value is -3.87. The Morgan fingerprint density at radius 3 is 2.25 bits per heavy atom. The van der Waals surface area contributed by atoms with Crippen LogP contribution in [0.3, 0.4) is 0 Å². The van der Waals surface area contributed by atoms with Crippen LogP contribution in [-0.2, 0) is 21.7 Å². The highest BCUT2D eigenvalue weighted by Crippen LogP contribution is 2.33. The Kier molecular flexibility index (Phi) is 5.57. The number of carbonyl (C=O) groups excluding carboxylic acids is 3. The van der Waals surface area contributed by atoms with E-state index in [-0.39, 0.29) is 12.5 Å². The highest BCUT2D eigenvalue weighted by molar-refractivity contribution is 6.10. The van der Waals surface area contributed by atoms with Crippen molar-refractivity contribution in [1.82, 2.24) is 10.2 Å². The number of imide groups is 1. The van der Waals surface area contributed by atoms with Crippen LogP contribution in [0.5, 0.6) is 0 Å². The minimum absolute atomic E-state index is 0.324. The molecule has 2 heterocycles. The van der Waals surface area contributed by atoms with Gasteiger partial charge in [0.2, 0.25) is 5.91 Å². The first-order valence-corrected chi connectivity index (χ1v) is 10.4. The van der Waals surface area contributed by atoms with Gasteiger partial charge in [-0.25, -0.2) is 4.79 Å². The molecule has 1 atom stereocenters. The molecule has 0 aliphatic carbocycles. The minimum Gasteiger partial charge on any atom is -0.466 e. The van der Waals surface area contributed by atoms with Crippen LogP contribution in [0.15, 0.2) is 71.1 Å². The Bertz CT molecular complexity index is 1160. The molecule has 1 aliphatic heterocycles. The lowest BCUT2D eigenvalue weighted by atomic mass is 9.92. The minimum atomic E-state index is -1.28. The van der Waals surface area contributed by atoms with E-state index in [1.807, 2.05) is 60.7 Å². The molecule has 2 aromatic carbocycles. The second-order valence-electron chi connectivity index (χ2n) is 8.07. The second kappa shape index (κ2) is 8.34. The SMILES string of the molecule is Cc1cc(C2(C)NC(=O)N(CC(=O)N(Cc3ccccc3)c3ccccc3)C2=O)c(C)o1. The smallest absolute Gasteiger partial charge is 0.325 e. The van der Waals surface area contributed by atoms with E-state index in [1.54, 1.807) is 31.7 Å². The number of hydrogen-bond acceptors (Lipinski definition) is 4. The first-order chi connectivity index (χ1) is 15.3. The lowest BCUT2D eigenvalue weighted by Crippen LogP contribution is -2.44. The van der Waals surface area contributed by atoms with Crippen molar-refractivity contribution >= 4 is 23.5 Å². The number of nitrogens with zero attached hydrogens (tertiary/aromatic N) is 2. The van der Waals surface area contributed by atoms with Gasteiger partial charge >= 0.3 is 6.03 Å². The van der Waals surface area contributed by atoms with Gasteiger partial charge in [-0.3, -0.25) is 14.5 Å². The van der Waals surface area contributed by atoms with Crippen LogP contribution in [0.1, 0.15) is 29.6 Å². The van der Waals surface area contributed by atoms with Crippen molar-refractivity contribution in [3.8, 4) is 0 Å². The quantitative estimate of drug-likeness (QED) is 0.600. The number of aryl methyl sites for hydroxylation is 2. The molecule has 3 aromatic rings. The summed E-state index contributed by atoms with van der Waals surface area (Å²) < 4.78 is 5.56. The molecule has 1 fully saturated rings. The van der Waals surface area contributed by atoms with Gasteiger partial charge in [0, 0.05) is 11.3 Å². The fourth-order valence-corrected chi connectivity index (χ4v) is 4.07. The lowest BCUT2D eigenvalue weighted by Gasteiger charge is -2.25. The van der Waals surface area contributed by atoms with Gasteiger partial charge in [0.05, 0.1) is 6.54 Å². The van der Waals surface area contributed by atoms with Crippen molar-refractivity contribution in [2.45, 2.75) is 32.9 Å². The zero-order valence-corrected chi connectivity index (χ0v) is 18.3. The van der Waals surface area contributed by atoms with Gasteiger partial charge in [0.15, 0.2) is 0 Å². The molecule has 7 heteroatoms. The van der Waals surface area contributed by atoms with E-state index in [2.05, 4.69) is 5.32 Å². The predicted octanol–water partition coefficient (Wildman–Crippen LogP) is 3.90. The van der Waals surface area contributed by atoms with Crippen LogP contribution in [0.2, 0.25) is 0 Å². The summed E-state index contributed by atoms with van der Waals surface area (Å²) in [5.74, 6) is 0.371. The third-order valence-corrected chi connectivity index (χ3v) is 5.70. The Morgan fingerprint density at radius 2 is 1.66 bits per heavy atom. The van der Waals surface area contributed by atoms with E-state index >= 15 is 0 Å². The highest BCUT2D eigenvalue weighted by atomic mass is 16.3. The molecule has 0 radical (unpaired) electrons. The van der Waals surface area contributed by atoms with Gasteiger partial charge < -0.3 is 14.6 Å². The van der Waals surface area contributed by atoms with E-state index in [4.69, 9.17) is 4.42 Å². The number of benzene rings is 2. The van der Waals surface area contributed by atoms with E-state index in [1.165, 1.54) is 0 Å². The van der Waals surface area contributed by atoms with Crippen molar-refractivity contribution in [2.24, 2.45) is 0 Å². The summed E-state index contributed by atoms with van der Waals surface area (Å²) in [6.07, 6.45) is 0. The average Bonchev–Trinajstić information content (AvgIpc) is 3.24. The molecule has 0 saturated carbocycles. The van der Waals surface area contributed by atoms with E-state index in [0.29, 0.717) is 29.3 Å². The maximum absolute atomic E-state index is 13.3. The molecule has 1 N–H and O–H groups in total. The van der Waals surface area contributed by atoms with Crippen LogP contribution in [0.4, 0.5) is 10.5 Å². The van der Waals surface area contributed by atoms with Crippen LogP contribution in [-0.4, -0.2) is 29.3 Å². The predicted molar refractivity (Wildman–Crippen MR) is 120 cm³/mol. The molecule has 1 saturated heterocycles. The monoisotopic (exact) mass is 431 g/mol. The summed E-state index contributed by atoms with van der Waals surface area (Å²) >= 11 is 0. The molecule has 0 spiro atoms. The number of hydrogen-bond donors (Lipinski definition) is 1. The number of para-hydroxylation sites is 1. The number of rotatable bonds is 6. The van der Waals surface area contributed by atoms with Crippen LogP contribution < -0.4 is 10.2 Å². The number of amides is 4. The van der Waals surface area contributed by atoms with Gasteiger partial charge in [0.1, 0.15) is 23.6 Å². The second-order valence-corrected chi connectivity index (χ2v) is 8.07. The maximum Gasteiger partial charge on any atom is 0.325 e. The van der Waals surface area contributed by atoms with E-state index in [9.17, 15) is 14.4 Å². The molecule has 4 amide bonds. The molecular formula is C25H25N3O4. The van der Waals surface area contributed by atoms with Gasteiger partial charge in [-0.05, 0) is 44.5 Å². The summed E-state index contributed by atoms with van der Waals surface area (Å²) in [7, 11) is 0. The highest BCUT2D eigenvalue weighted by Gasteiger charge is 2.51. The lowest BCUT2D eigenvalue weighted by molar-refractivity contribution is -0.134. The molecule has 7 nitrogen and oxygen atoms in total. The average molecular weight is 431 g/mol. The summed E-state index contributed by atoms with van der Waals surface area (Å²) in [6, 6.07) is 19.9. The molecule has 1 unspecified atom stereocenters. The first-order valence-electron chi connectivity index (χ1n) is 10.4. The Morgan fingerprint density at radius 1 is 1.03 bits per heavy atom. The molecule has 32 heavy (non-hydrogen) atoms. The van der Waals surface area contributed by atoms with Gasteiger partial charge in [0.25, 0.3) is 5.91 Å². The van der Waals surface area contributed by atoms with Gasteiger partial charge in [-0.1, -0.05) is 48.5 Å². The van der Waals surface area contributed by atoms with Gasteiger partial charge in [-0.15, -0.1) is 0 Å². The number of anilines is 1. The zero-order chi connectivity index (χ0) is 22.9. The largest absolute Gasteiger partial charge is 0.466 e. The molecule has 1 aliphatic rings. The molecule has 1 aromatic heterocycles. The fourth-order valence-electron chi connectivity index (χ4n) is 4.07. The van der Waals surface area contributed by atoms with Crippen molar-refractivity contribution in [1.29, 1.82) is 0 Å². The van der Waals surface area contributed by atoms with Gasteiger partial charge in [-0.2, -0.15) is 0 Å². The number of urea groups is 1. The standard InChI is InChI=1S/C25H25N3O4/c1-17-14-21(18(2)32-17)25(3)23(30)28(24(31)26-25)16-22(29)27(20-12-8-5-9-13-20)15-19-10-6-4-7-11-19/h4-14H,15-16H2,1-3H3,(H,26,31). The van der Waals surface area contributed by atoms with Crippen molar-refractivity contribution < 1.29 is 18.8 Å². The van der Waals surface area contributed by atoms with Crippen molar-refractivity contribution in [3.63, 3.8) is 0 Å². The summed E-state index contributed by atoms with van der Waals surface area (Å²) in [5, 5.41) is 2.74.